The van der Waals surface area contributed by atoms with Crippen LogP contribution in [0.25, 0.3) is 10.9 Å². The minimum Gasteiger partial charge on any atom is -0.508 e. The lowest BCUT2D eigenvalue weighted by molar-refractivity contribution is 0.0932. The fraction of sp³-hybridized carbons (Fsp3) is 0.0870. The lowest BCUT2D eigenvalue weighted by atomic mass is 9.98. The van der Waals surface area contributed by atoms with Gasteiger partial charge in [-0.3, -0.25) is 4.79 Å². The Kier molecular flexibility index (Phi) is 4.62. The number of nitrogens with one attached hydrogen (secondary N) is 2. The molecule has 0 aliphatic carbocycles. The highest BCUT2D eigenvalue weighted by Crippen LogP contribution is 2.22. The van der Waals surface area contributed by atoms with E-state index in [1.807, 2.05) is 48.5 Å². The summed E-state index contributed by atoms with van der Waals surface area (Å²) in [6, 6.07) is 26.8. The number of carbonyl (C=O) groups excluding carboxylic acids is 1. The van der Waals surface area contributed by atoms with Gasteiger partial charge < -0.3 is 15.4 Å². The van der Waals surface area contributed by atoms with Crippen LogP contribution >= 0.6 is 0 Å². The van der Waals surface area contributed by atoms with Crippen molar-refractivity contribution in [2.24, 2.45) is 0 Å². The Morgan fingerprint density at radius 1 is 0.926 bits per heavy atom. The van der Waals surface area contributed by atoms with E-state index >= 15 is 0 Å². The van der Waals surface area contributed by atoms with E-state index in [0.29, 0.717) is 12.1 Å². The molecule has 3 N–H and O–H groups in total. The molecule has 1 aromatic heterocycles. The number of phenolic OH excluding ortho intramolecular Hbond substituents is 1. The number of benzene rings is 3. The van der Waals surface area contributed by atoms with Crippen molar-refractivity contribution in [2.45, 2.75) is 12.5 Å². The number of rotatable bonds is 5. The third-order valence-corrected chi connectivity index (χ3v) is 4.64. The normalized spacial score (nSPS) is 12.0. The fourth-order valence-corrected chi connectivity index (χ4v) is 3.26. The second-order valence-electron chi connectivity index (χ2n) is 6.58. The molecule has 4 rings (SSSR count). The van der Waals surface area contributed by atoms with Crippen molar-refractivity contribution in [1.82, 2.24) is 10.3 Å². The molecule has 1 amide bonds. The van der Waals surface area contributed by atoms with Crippen molar-refractivity contribution in [3.8, 4) is 5.75 Å². The lowest BCUT2D eigenvalue weighted by Gasteiger charge is -2.19. The number of carbonyl (C=O) groups is 1. The molecule has 0 aliphatic heterocycles. The smallest absolute Gasteiger partial charge is 0.268 e. The number of aromatic amines is 1. The zero-order chi connectivity index (χ0) is 18.6. The number of fused-ring (bicyclic) bond motifs is 1. The first-order chi connectivity index (χ1) is 13.2. The first-order valence-corrected chi connectivity index (χ1v) is 8.90. The molecule has 1 unspecified atom stereocenters. The van der Waals surface area contributed by atoms with Crippen LogP contribution in [0.3, 0.4) is 0 Å². The summed E-state index contributed by atoms with van der Waals surface area (Å²) in [4.78, 5) is 16.0. The summed E-state index contributed by atoms with van der Waals surface area (Å²) in [7, 11) is 0. The zero-order valence-electron chi connectivity index (χ0n) is 14.7. The molecule has 0 saturated carbocycles. The van der Waals surface area contributed by atoms with E-state index in [4.69, 9.17) is 0 Å². The molecule has 4 heteroatoms. The van der Waals surface area contributed by atoms with Crippen LogP contribution in [-0.2, 0) is 6.42 Å². The average Bonchev–Trinajstić information content (AvgIpc) is 3.12. The molecule has 0 spiro atoms. The van der Waals surface area contributed by atoms with Gasteiger partial charge in [-0.15, -0.1) is 0 Å². The summed E-state index contributed by atoms with van der Waals surface area (Å²) in [5.74, 6) is -0.00183. The first kappa shape index (κ1) is 16.9. The van der Waals surface area contributed by atoms with Gasteiger partial charge in [-0.05, 0) is 35.7 Å². The molecule has 0 bridgehead atoms. The van der Waals surface area contributed by atoms with Crippen LogP contribution in [0.1, 0.15) is 27.7 Å². The molecule has 0 fully saturated rings. The SMILES string of the molecule is O=C(NC(Cc1ccccc1)c1ccccc1)c1cc2ccc(O)cc2[nH]1. The molecule has 4 aromatic rings. The predicted molar refractivity (Wildman–Crippen MR) is 107 cm³/mol. The van der Waals surface area contributed by atoms with Gasteiger partial charge in [-0.25, -0.2) is 0 Å². The first-order valence-electron chi connectivity index (χ1n) is 8.90. The molecule has 1 heterocycles. The van der Waals surface area contributed by atoms with E-state index in [2.05, 4.69) is 22.4 Å². The summed E-state index contributed by atoms with van der Waals surface area (Å²) >= 11 is 0. The second-order valence-corrected chi connectivity index (χ2v) is 6.58. The van der Waals surface area contributed by atoms with Crippen molar-refractivity contribution in [3.05, 3.63) is 102 Å². The van der Waals surface area contributed by atoms with Crippen molar-refractivity contribution in [3.63, 3.8) is 0 Å². The van der Waals surface area contributed by atoms with Crippen LogP contribution in [-0.4, -0.2) is 16.0 Å². The molecular formula is C23H20N2O2. The Balaban J connectivity index is 1.60. The summed E-state index contributed by atoms with van der Waals surface area (Å²) in [6.07, 6.45) is 0.706. The van der Waals surface area contributed by atoms with Crippen molar-refractivity contribution in [1.29, 1.82) is 0 Å². The largest absolute Gasteiger partial charge is 0.508 e. The zero-order valence-corrected chi connectivity index (χ0v) is 14.7. The number of aromatic nitrogens is 1. The molecule has 4 nitrogen and oxygen atoms in total. The Morgan fingerprint density at radius 2 is 1.63 bits per heavy atom. The van der Waals surface area contributed by atoms with Crippen LogP contribution in [0.5, 0.6) is 5.75 Å². The monoisotopic (exact) mass is 356 g/mol. The van der Waals surface area contributed by atoms with E-state index in [9.17, 15) is 9.90 Å². The maximum Gasteiger partial charge on any atom is 0.268 e. The Labute approximate surface area is 157 Å². The number of hydrogen-bond donors (Lipinski definition) is 3. The average molecular weight is 356 g/mol. The van der Waals surface area contributed by atoms with E-state index < -0.39 is 0 Å². The van der Waals surface area contributed by atoms with Crippen molar-refractivity contribution in [2.75, 3.05) is 0 Å². The van der Waals surface area contributed by atoms with Gasteiger partial charge in [-0.2, -0.15) is 0 Å². The maximum absolute atomic E-state index is 12.9. The Morgan fingerprint density at radius 3 is 2.37 bits per heavy atom. The molecular weight excluding hydrogens is 336 g/mol. The third kappa shape index (κ3) is 3.85. The van der Waals surface area contributed by atoms with Gasteiger partial charge in [0.2, 0.25) is 0 Å². The second kappa shape index (κ2) is 7.38. The lowest BCUT2D eigenvalue weighted by Crippen LogP contribution is -2.30. The van der Waals surface area contributed by atoms with Crippen LogP contribution < -0.4 is 5.32 Å². The highest BCUT2D eigenvalue weighted by Gasteiger charge is 2.18. The van der Waals surface area contributed by atoms with Crippen molar-refractivity contribution < 1.29 is 9.90 Å². The van der Waals surface area contributed by atoms with Crippen LogP contribution in [0.15, 0.2) is 84.9 Å². The standard InChI is InChI=1S/C23H20N2O2/c26-19-12-11-18-14-22(24-21(18)15-19)23(27)25-20(17-9-5-2-6-10-17)13-16-7-3-1-4-8-16/h1-12,14-15,20,24,26H,13H2,(H,25,27). The third-order valence-electron chi connectivity index (χ3n) is 4.64. The van der Waals surface area contributed by atoms with Gasteiger partial charge >= 0.3 is 0 Å². The van der Waals surface area contributed by atoms with Crippen LogP contribution in [0, 0.1) is 0 Å². The minimum absolute atomic E-state index is 0.138. The maximum atomic E-state index is 12.9. The summed E-state index contributed by atoms with van der Waals surface area (Å²) < 4.78 is 0. The fourth-order valence-electron chi connectivity index (χ4n) is 3.26. The van der Waals surface area contributed by atoms with E-state index in [0.717, 1.165) is 22.0 Å². The highest BCUT2D eigenvalue weighted by atomic mass is 16.3. The molecule has 1 atom stereocenters. The van der Waals surface area contributed by atoms with Crippen LogP contribution in [0.4, 0.5) is 0 Å². The van der Waals surface area contributed by atoms with Crippen LogP contribution in [0.2, 0.25) is 0 Å². The molecule has 0 saturated heterocycles. The van der Waals surface area contributed by atoms with Crippen molar-refractivity contribution >= 4 is 16.8 Å². The van der Waals surface area contributed by atoms with Gasteiger partial charge in [0.05, 0.1) is 6.04 Å². The highest BCUT2D eigenvalue weighted by molar-refractivity contribution is 5.98. The summed E-state index contributed by atoms with van der Waals surface area (Å²) in [5.41, 5.74) is 3.43. The van der Waals surface area contributed by atoms with E-state index in [1.165, 1.54) is 0 Å². The Bertz CT molecular complexity index is 1060. The summed E-state index contributed by atoms with van der Waals surface area (Å²) in [6.45, 7) is 0. The molecule has 0 radical (unpaired) electrons. The topological polar surface area (TPSA) is 65.1 Å². The minimum atomic E-state index is -0.171. The summed E-state index contributed by atoms with van der Waals surface area (Å²) in [5, 5.41) is 13.6. The van der Waals surface area contributed by atoms with Gasteiger partial charge in [-0.1, -0.05) is 60.7 Å². The van der Waals surface area contributed by atoms with E-state index in [-0.39, 0.29) is 17.7 Å². The number of H-pyrrole nitrogens is 1. The molecule has 0 aliphatic rings. The number of amides is 1. The number of phenols is 1. The van der Waals surface area contributed by atoms with Gasteiger partial charge in [0.25, 0.3) is 5.91 Å². The number of aromatic hydroxyl groups is 1. The molecule has 134 valence electrons. The predicted octanol–water partition coefficient (Wildman–Crippen LogP) is 4.59. The number of hydrogen-bond acceptors (Lipinski definition) is 2. The van der Waals surface area contributed by atoms with Gasteiger partial charge in [0.1, 0.15) is 11.4 Å². The van der Waals surface area contributed by atoms with E-state index in [1.54, 1.807) is 24.3 Å². The van der Waals surface area contributed by atoms with Gasteiger partial charge in [0, 0.05) is 17.0 Å². The quantitative estimate of drug-likeness (QED) is 0.490. The Hall–Kier alpha value is -3.53. The van der Waals surface area contributed by atoms with Gasteiger partial charge in [0.15, 0.2) is 0 Å². The molecule has 3 aromatic carbocycles. The molecule has 27 heavy (non-hydrogen) atoms.